The average Bonchev–Trinajstić information content (AvgIpc) is 3.18. The molecule has 0 unspecified atom stereocenters. The fourth-order valence-corrected chi connectivity index (χ4v) is 7.00. The lowest BCUT2D eigenvalue weighted by Crippen LogP contribution is -2.66. The number of ether oxygens (including phenoxy) is 2. The van der Waals surface area contributed by atoms with Crippen LogP contribution in [0, 0.1) is 22.7 Å². The Balaban J connectivity index is 1.74. The molecule has 4 aliphatic rings. The summed E-state index contributed by atoms with van der Waals surface area (Å²) in [5.74, 6) is 0.837. The van der Waals surface area contributed by atoms with E-state index in [-0.39, 0.29) is 23.2 Å². The van der Waals surface area contributed by atoms with Gasteiger partial charge >= 0.3 is 0 Å². The molecule has 4 rings (SSSR count). The zero-order chi connectivity index (χ0) is 17.2. The molecule has 2 saturated carbocycles. The summed E-state index contributed by atoms with van der Waals surface area (Å²) < 4.78 is 12.7. The molecule has 2 aliphatic heterocycles. The minimum atomic E-state index is -0.411. The van der Waals surface area contributed by atoms with Crippen molar-refractivity contribution in [2.75, 3.05) is 19.8 Å². The topological polar surface area (TPSA) is 58.9 Å². The molecule has 138 valence electrons. The highest BCUT2D eigenvalue weighted by Crippen LogP contribution is 2.68. The molecule has 24 heavy (non-hydrogen) atoms. The van der Waals surface area contributed by atoms with Gasteiger partial charge in [0.2, 0.25) is 0 Å². The molecular formula is C20H34O4. The quantitative estimate of drug-likeness (QED) is 0.772. The normalized spacial score (nSPS) is 57.6. The Bertz CT molecular complexity index is 502. The van der Waals surface area contributed by atoms with Gasteiger partial charge in [0.05, 0.1) is 30.5 Å². The molecule has 0 radical (unpaired) electrons. The second-order valence-corrected chi connectivity index (χ2v) is 9.64. The Morgan fingerprint density at radius 1 is 1.04 bits per heavy atom. The minimum absolute atomic E-state index is 0.0213. The standard InChI is InChI=1S/C20H34O4/c1-14-4-5-15-17(2,12-21)16(22)6-7-18(15,3)20(14)9-8-19(24-20)10-11-23-13-19/h14-16,21-22H,4-13H2,1-3H3/t14-,15-,16+,17+,18+,19-,20+/m1/s1. The summed E-state index contributed by atoms with van der Waals surface area (Å²) in [6, 6.07) is 0. The lowest BCUT2D eigenvalue weighted by Gasteiger charge is -2.65. The van der Waals surface area contributed by atoms with Gasteiger partial charge < -0.3 is 19.7 Å². The van der Waals surface area contributed by atoms with E-state index in [1.807, 2.05) is 0 Å². The Morgan fingerprint density at radius 2 is 1.83 bits per heavy atom. The van der Waals surface area contributed by atoms with E-state index in [0.717, 1.165) is 58.2 Å². The van der Waals surface area contributed by atoms with Gasteiger partial charge in [0.25, 0.3) is 0 Å². The molecular weight excluding hydrogens is 304 g/mol. The zero-order valence-electron chi connectivity index (χ0n) is 15.5. The highest BCUT2D eigenvalue weighted by atomic mass is 16.6. The SMILES string of the molecule is C[C@@H]1CC[C@@H]2[C@](C)(CO)[C@@H](O)CC[C@]2(C)[C@]12CC[C@]1(CCOC1)O2. The van der Waals surface area contributed by atoms with Gasteiger partial charge in [-0.05, 0) is 50.4 Å². The van der Waals surface area contributed by atoms with Crippen molar-refractivity contribution in [2.45, 2.75) is 83.0 Å². The summed E-state index contributed by atoms with van der Waals surface area (Å²) in [5, 5.41) is 20.8. The monoisotopic (exact) mass is 338 g/mol. The molecule has 0 bridgehead atoms. The van der Waals surface area contributed by atoms with Crippen LogP contribution in [-0.2, 0) is 9.47 Å². The van der Waals surface area contributed by atoms with Gasteiger partial charge in [-0.3, -0.25) is 0 Å². The Kier molecular flexibility index (Phi) is 3.90. The van der Waals surface area contributed by atoms with Crippen molar-refractivity contribution in [2.24, 2.45) is 22.7 Å². The molecule has 2 heterocycles. The van der Waals surface area contributed by atoms with Crippen LogP contribution in [0.3, 0.4) is 0 Å². The van der Waals surface area contributed by atoms with Crippen LogP contribution >= 0.6 is 0 Å². The molecule has 2 aliphatic carbocycles. The molecule has 2 saturated heterocycles. The molecule has 0 aromatic heterocycles. The molecule has 0 amide bonds. The van der Waals surface area contributed by atoms with Gasteiger partial charge in [0, 0.05) is 23.9 Å². The summed E-state index contributed by atoms with van der Waals surface area (Å²) in [4.78, 5) is 0. The highest BCUT2D eigenvalue weighted by molar-refractivity contribution is 5.17. The third kappa shape index (κ3) is 2.00. The van der Waals surface area contributed by atoms with Crippen LogP contribution in [0.1, 0.15) is 65.7 Å². The van der Waals surface area contributed by atoms with E-state index in [2.05, 4.69) is 20.8 Å². The lowest BCUT2D eigenvalue weighted by molar-refractivity contribution is -0.266. The van der Waals surface area contributed by atoms with Gasteiger partial charge in [-0.1, -0.05) is 20.8 Å². The molecule has 4 fully saturated rings. The summed E-state index contributed by atoms with van der Waals surface area (Å²) in [7, 11) is 0. The minimum Gasteiger partial charge on any atom is -0.396 e. The fraction of sp³-hybridized carbons (Fsp3) is 1.00. The maximum Gasteiger partial charge on any atom is 0.0945 e. The summed E-state index contributed by atoms with van der Waals surface area (Å²) in [6.07, 6.45) is 6.78. The van der Waals surface area contributed by atoms with E-state index in [0.29, 0.717) is 11.8 Å². The van der Waals surface area contributed by atoms with Crippen LogP contribution in [0.25, 0.3) is 0 Å². The third-order valence-electron chi connectivity index (χ3n) is 8.67. The molecule has 4 heteroatoms. The Hall–Kier alpha value is -0.160. The second-order valence-electron chi connectivity index (χ2n) is 9.64. The first-order chi connectivity index (χ1) is 11.3. The largest absolute Gasteiger partial charge is 0.396 e. The van der Waals surface area contributed by atoms with Crippen molar-refractivity contribution in [1.82, 2.24) is 0 Å². The van der Waals surface area contributed by atoms with Crippen molar-refractivity contribution >= 4 is 0 Å². The molecule has 4 nitrogen and oxygen atoms in total. The van der Waals surface area contributed by atoms with Crippen molar-refractivity contribution in [3.05, 3.63) is 0 Å². The van der Waals surface area contributed by atoms with Crippen molar-refractivity contribution < 1.29 is 19.7 Å². The first kappa shape index (κ1) is 17.3. The zero-order valence-corrected chi connectivity index (χ0v) is 15.5. The first-order valence-electron chi connectivity index (χ1n) is 9.89. The molecule has 0 aromatic rings. The van der Waals surface area contributed by atoms with Gasteiger partial charge in [-0.15, -0.1) is 0 Å². The van der Waals surface area contributed by atoms with E-state index >= 15 is 0 Å². The van der Waals surface area contributed by atoms with Gasteiger partial charge in [0.15, 0.2) is 0 Å². The lowest BCUT2D eigenvalue weighted by atomic mass is 9.43. The van der Waals surface area contributed by atoms with Gasteiger partial charge in [-0.2, -0.15) is 0 Å². The third-order valence-corrected chi connectivity index (χ3v) is 8.67. The maximum atomic E-state index is 10.7. The Morgan fingerprint density at radius 3 is 2.50 bits per heavy atom. The van der Waals surface area contributed by atoms with E-state index < -0.39 is 11.5 Å². The summed E-state index contributed by atoms with van der Waals surface area (Å²) in [5.41, 5.74) is -0.593. The number of aliphatic hydroxyl groups excluding tert-OH is 2. The number of aliphatic hydroxyl groups is 2. The van der Waals surface area contributed by atoms with E-state index in [1.165, 1.54) is 0 Å². The van der Waals surface area contributed by atoms with E-state index in [9.17, 15) is 10.2 Å². The van der Waals surface area contributed by atoms with Crippen LogP contribution in [0.2, 0.25) is 0 Å². The van der Waals surface area contributed by atoms with Gasteiger partial charge in [0.1, 0.15) is 0 Å². The van der Waals surface area contributed by atoms with Crippen LogP contribution in [-0.4, -0.2) is 47.3 Å². The fourth-order valence-electron chi connectivity index (χ4n) is 7.00. The van der Waals surface area contributed by atoms with Crippen LogP contribution in [0.15, 0.2) is 0 Å². The van der Waals surface area contributed by atoms with Crippen LogP contribution < -0.4 is 0 Å². The number of hydrogen-bond acceptors (Lipinski definition) is 4. The van der Waals surface area contributed by atoms with Gasteiger partial charge in [-0.25, -0.2) is 0 Å². The molecule has 2 spiro atoms. The smallest absolute Gasteiger partial charge is 0.0945 e. The maximum absolute atomic E-state index is 10.7. The summed E-state index contributed by atoms with van der Waals surface area (Å²) >= 11 is 0. The highest BCUT2D eigenvalue weighted by Gasteiger charge is 2.69. The predicted octanol–water partition coefficient (Wildman–Crippen LogP) is 2.90. The predicted molar refractivity (Wildman–Crippen MR) is 91.6 cm³/mol. The van der Waals surface area contributed by atoms with E-state index in [4.69, 9.17) is 9.47 Å². The Labute approximate surface area is 145 Å². The number of rotatable bonds is 1. The number of hydrogen-bond donors (Lipinski definition) is 2. The molecule has 0 aromatic carbocycles. The van der Waals surface area contributed by atoms with Crippen molar-refractivity contribution in [3.8, 4) is 0 Å². The first-order valence-corrected chi connectivity index (χ1v) is 9.89. The van der Waals surface area contributed by atoms with Crippen molar-refractivity contribution in [1.29, 1.82) is 0 Å². The van der Waals surface area contributed by atoms with Crippen LogP contribution in [0.4, 0.5) is 0 Å². The molecule has 7 atom stereocenters. The molecule has 2 N–H and O–H groups in total. The number of fused-ring (bicyclic) bond motifs is 2. The van der Waals surface area contributed by atoms with Crippen molar-refractivity contribution in [3.63, 3.8) is 0 Å². The van der Waals surface area contributed by atoms with Crippen LogP contribution in [0.5, 0.6) is 0 Å². The van der Waals surface area contributed by atoms with E-state index in [1.54, 1.807) is 0 Å². The summed E-state index contributed by atoms with van der Waals surface area (Å²) in [6.45, 7) is 8.46. The average molecular weight is 338 g/mol. The second kappa shape index (κ2) is 5.42.